The molecule has 40 heavy (non-hydrogen) atoms. The van der Waals surface area contributed by atoms with Crippen molar-refractivity contribution in [2.24, 2.45) is 0 Å². The van der Waals surface area contributed by atoms with Crippen LogP contribution in [-0.4, -0.2) is 30.8 Å². The Morgan fingerprint density at radius 2 is 1.80 bits per heavy atom. The van der Waals surface area contributed by atoms with Gasteiger partial charge in [0.2, 0.25) is 0 Å². The molecule has 0 radical (unpaired) electrons. The van der Waals surface area contributed by atoms with Crippen LogP contribution in [-0.2, 0) is 6.42 Å². The molecule has 5 aromatic rings. The summed E-state index contributed by atoms with van der Waals surface area (Å²) in [6.07, 6.45) is 1.93. The van der Waals surface area contributed by atoms with Crippen LogP contribution in [0.15, 0.2) is 59.5 Å². The van der Waals surface area contributed by atoms with Gasteiger partial charge in [0, 0.05) is 23.3 Å². The molecule has 0 unspecified atom stereocenters. The standard InChI is InChI=1S/C28H24Cl3N7O2/c1-14(2)24-23-26(38(37-24)25-19(30)12-17(29)13-20(25)31)34-22(35-27(23)39)11-16-7-8-18(10-15(16)3)33-28(40)36-21-6-4-5-9-32-21/h4-10,12-14H,11H2,1-3H3,(H,34,35,39)(H2,32,33,36,40). The number of urea groups is 1. The number of nitrogens with zero attached hydrogens (tertiary/aromatic N) is 4. The van der Waals surface area contributed by atoms with Gasteiger partial charge in [0.25, 0.3) is 5.56 Å². The number of carbonyl (C=O) groups excluding carboxylic acids is 1. The van der Waals surface area contributed by atoms with Gasteiger partial charge in [0.1, 0.15) is 22.7 Å². The van der Waals surface area contributed by atoms with Crippen molar-refractivity contribution < 1.29 is 4.79 Å². The third-order valence-electron chi connectivity index (χ3n) is 6.22. The lowest BCUT2D eigenvalue weighted by Gasteiger charge is -2.11. The maximum absolute atomic E-state index is 13.3. The number of hydrogen-bond donors (Lipinski definition) is 3. The molecule has 0 aliphatic carbocycles. The van der Waals surface area contributed by atoms with Crippen LogP contribution < -0.4 is 16.2 Å². The fraction of sp³-hybridized carbons (Fsp3) is 0.179. The summed E-state index contributed by atoms with van der Waals surface area (Å²) >= 11 is 19.1. The zero-order valence-electron chi connectivity index (χ0n) is 21.7. The van der Waals surface area contributed by atoms with E-state index >= 15 is 0 Å². The van der Waals surface area contributed by atoms with Crippen molar-refractivity contribution in [3.05, 3.63) is 103 Å². The molecule has 0 fully saturated rings. The van der Waals surface area contributed by atoms with E-state index in [0.717, 1.165) is 11.1 Å². The highest BCUT2D eigenvalue weighted by atomic mass is 35.5. The number of aromatic nitrogens is 5. The summed E-state index contributed by atoms with van der Waals surface area (Å²) in [7, 11) is 0. The van der Waals surface area contributed by atoms with Crippen molar-refractivity contribution in [3.63, 3.8) is 0 Å². The van der Waals surface area contributed by atoms with Crippen LogP contribution in [0.25, 0.3) is 16.7 Å². The van der Waals surface area contributed by atoms with Gasteiger partial charge < -0.3 is 10.3 Å². The molecule has 3 heterocycles. The Morgan fingerprint density at radius 1 is 1.05 bits per heavy atom. The number of halogens is 3. The highest BCUT2D eigenvalue weighted by Crippen LogP contribution is 2.34. The predicted molar refractivity (Wildman–Crippen MR) is 159 cm³/mol. The number of rotatable bonds is 6. The van der Waals surface area contributed by atoms with Crippen LogP contribution in [0.3, 0.4) is 0 Å². The molecule has 0 saturated carbocycles. The van der Waals surface area contributed by atoms with Gasteiger partial charge in [-0.3, -0.25) is 10.1 Å². The van der Waals surface area contributed by atoms with Crippen LogP contribution in [0.1, 0.15) is 42.4 Å². The Morgan fingerprint density at radius 3 is 2.45 bits per heavy atom. The molecule has 204 valence electrons. The van der Waals surface area contributed by atoms with Gasteiger partial charge in [-0.05, 0) is 60.4 Å². The lowest BCUT2D eigenvalue weighted by Crippen LogP contribution is -2.20. The Balaban J connectivity index is 1.47. The molecule has 9 nitrogen and oxygen atoms in total. The smallest absolute Gasteiger partial charge is 0.310 e. The Bertz CT molecular complexity index is 1780. The minimum Gasteiger partial charge on any atom is -0.310 e. The van der Waals surface area contributed by atoms with Crippen molar-refractivity contribution in [3.8, 4) is 5.69 Å². The maximum Gasteiger partial charge on any atom is 0.324 e. The van der Waals surface area contributed by atoms with Crippen LogP contribution in [0, 0.1) is 6.92 Å². The molecule has 0 aliphatic rings. The molecule has 0 atom stereocenters. The highest BCUT2D eigenvalue weighted by molar-refractivity contribution is 6.40. The number of carbonyl (C=O) groups is 1. The van der Waals surface area contributed by atoms with E-state index in [-0.39, 0.29) is 21.5 Å². The number of anilines is 2. The fourth-order valence-electron chi connectivity index (χ4n) is 4.34. The molecular formula is C28H24Cl3N7O2. The van der Waals surface area contributed by atoms with Gasteiger partial charge in [-0.25, -0.2) is 19.4 Å². The van der Waals surface area contributed by atoms with E-state index in [9.17, 15) is 9.59 Å². The Kier molecular flexibility index (Phi) is 7.80. The molecule has 2 aromatic carbocycles. The quantitative estimate of drug-likeness (QED) is 0.193. The van der Waals surface area contributed by atoms with E-state index in [1.807, 2.05) is 32.9 Å². The monoisotopic (exact) mass is 595 g/mol. The van der Waals surface area contributed by atoms with Crippen LogP contribution in [0.4, 0.5) is 16.3 Å². The van der Waals surface area contributed by atoms with E-state index in [0.29, 0.717) is 51.2 Å². The SMILES string of the molecule is Cc1cc(NC(=O)Nc2ccccn2)ccc1Cc1nc2c(c(C(C)C)nn2-c2c(Cl)cc(Cl)cc2Cl)c(=O)[nH]1. The topological polar surface area (TPSA) is 118 Å². The average Bonchev–Trinajstić information content (AvgIpc) is 3.26. The minimum absolute atomic E-state index is 0.0560. The van der Waals surface area contributed by atoms with Crippen LogP contribution in [0.5, 0.6) is 0 Å². The molecule has 0 aliphatic heterocycles. The summed E-state index contributed by atoms with van der Waals surface area (Å²) in [6, 6.07) is 13.5. The number of H-pyrrole nitrogens is 1. The summed E-state index contributed by atoms with van der Waals surface area (Å²) in [6.45, 7) is 5.81. The summed E-state index contributed by atoms with van der Waals surface area (Å²) in [4.78, 5) is 37.4. The number of aryl methyl sites for hydroxylation is 1. The first-order valence-electron chi connectivity index (χ1n) is 12.4. The van der Waals surface area contributed by atoms with E-state index in [2.05, 4.69) is 25.7 Å². The zero-order chi connectivity index (χ0) is 28.6. The van der Waals surface area contributed by atoms with Gasteiger partial charge in [-0.1, -0.05) is 60.8 Å². The molecule has 0 spiro atoms. The normalized spacial score (nSPS) is 11.3. The molecule has 0 bridgehead atoms. The number of benzene rings is 2. The van der Waals surface area contributed by atoms with E-state index in [1.54, 1.807) is 42.6 Å². The van der Waals surface area contributed by atoms with Crippen molar-refractivity contribution in [1.82, 2.24) is 24.7 Å². The van der Waals surface area contributed by atoms with Crippen molar-refractivity contribution in [2.75, 3.05) is 10.6 Å². The highest BCUT2D eigenvalue weighted by Gasteiger charge is 2.23. The molecule has 3 N–H and O–H groups in total. The number of aromatic amines is 1. The summed E-state index contributed by atoms with van der Waals surface area (Å²) in [5, 5.41) is 11.5. The molecular weight excluding hydrogens is 573 g/mol. The second kappa shape index (κ2) is 11.3. The Labute approximate surface area is 244 Å². The average molecular weight is 597 g/mol. The van der Waals surface area contributed by atoms with Crippen LogP contribution in [0.2, 0.25) is 15.1 Å². The molecule has 0 saturated heterocycles. The summed E-state index contributed by atoms with van der Waals surface area (Å²) < 4.78 is 1.50. The summed E-state index contributed by atoms with van der Waals surface area (Å²) in [5.41, 5.74) is 3.43. The lowest BCUT2D eigenvalue weighted by molar-refractivity contribution is 0.262. The first-order chi connectivity index (χ1) is 19.1. The number of fused-ring (bicyclic) bond motifs is 1. The van der Waals surface area contributed by atoms with E-state index in [1.165, 1.54) is 4.68 Å². The fourth-order valence-corrected chi connectivity index (χ4v) is 5.32. The van der Waals surface area contributed by atoms with Gasteiger partial charge >= 0.3 is 6.03 Å². The number of amides is 2. The maximum atomic E-state index is 13.3. The van der Waals surface area contributed by atoms with E-state index < -0.39 is 6.03 Å². The molecule has 12 heteroatoms. The van der Waals surface area contributed by atoms with Gasteiger partial charge in [0.05, 0.1) is 15.7 Å². The molecule has 3 aromatic heterocycles. The zero-order valence-corrected chi connectivity index (χ0v) is 24.0. The van der Waals surface area contributed by atoms with Gasteiger partial charge in [-0.15, -0.1) is 0 Å². The second-order valence-corrected chi connectivity index (χ2v) is 10.7. The Hall–Kier alpha value is -3.92. The number of hydrogen-bond acceptors (Lipinski definition) is 5. The minimum atomic E-state index is -0.406. The largest absolute Gasteiger partial charge is 0.324 e. The summed E-state index contributed by atoms with van der Waals surface area (Å²) in [5.74, 6) is 0.825. The van der Waals surface area contributed by atoms with Crippen LogP contribution >= 0.6 is 34.8 Å². The second-order valence-electron chi connectivity index (χ2n) is 9.49. The van der Waals surface area contributed by atoms with E-state index in [4.69, 9.17) is 39.8 Å². The lowest BCUT2D eigenvalue weighted by atomic mass is 10.0. The molecule has 2 amide bonds. The van der Waals surface area contributed by atoms with Crippen molar-refractivity contribution >= 4 is 63.4 Å². The number of nitrogens with one attached hydrogen (secondary N) is 3. The first kappa shape index (κ1) is 27.6. The van der Waals surface area contributed by atoms with Gasteiger partial charge in [0.15, 0.2) is 5.65 Å². The number of pyridine rings is 1. The third-order valence-corrected chi connectivity index (χ3v) is 7.01. The predicted octanol–water partition coefficient (Wildman–Crippen LogP) is 7.13. The van der Waals surface area contributed by atoms with Crippen molar-refractivity contribution in [1.29, 1.82) is 0 Å². The molecule has 5 rings (SSSR count). The van der Waals surface area contributed by atoms with Gasteiger partial charge in [-0.2, -0.15) is 5.10 Å². The van der Waals surface area contributed by atoms with Crippen molar-refractivity contribution in [2.45, 2.75) is 33.1 Å². The first-order valence-corrected chi connectivity index (χ1v) is 13.5. The third kappa shape index (κ3) is 5.67.